The molecule has 29 heavy (non-hydrogen) atoms. The maximum Gasteiger partial charge on any atom is 0.274 e. The normalized spacial score (nSPS) is 14.7. The highest BCUT2D eigenvalue weighted by Crippen LogP contribution is 2.17. The number of para-hydroxylation sites is 1. The van der Waals surface area contributed by atoms with E-state index in [-0.39, 0.29) is 23.3 Å². The molecular weight excluding hydrogens is 366 g/mol. The Balaban J connectivity index is 1.38. The summed E-state index contributed by atoms with van der Waals surface area (Å²) >= 11 is 0. The van der Waals surface area contributed by atoms with E-state index < -0.39 is 0 Å². The lowest BCUT2D eigenvalue weighted by atomic mass is 10.1. The molecule has 2 heterocycles. The summed E-state index contributed by atoms with van der Waals surface area (Å²) in [6, 6.07) is 22.1. The summed E-state index contributed by atoms with van der Waals surface area (Å²) in [4.78, 5) is 26.8. The van der Waals surface area contributed by atoms with Gasteiger partial charge in [0, 0.05) is 19.2 Å². The van der Waals surface area contributed by atoms with E-state index in [9.17, 15) is 9.59 Å². The van der Waals surface area contributed by atoms with Crippen molar-refractivity contribution in [3.8, 4) is 5.69 Å². The van der Waals surface area contributed by atoms with Crippen molar-refractivity contribution in [1.29, 1.82) is 0 Å². The largest absolute Gasteiger partial charge is 0.373 e. The molecule has 0 radical (unpaired) electrons. The van der Waals surface area contributed by atoms with E-state index in [1.165, 1.54) is 16.8 Å². The number of amides is 1. The average Bonchev–Trinajstić information content (AvgIpc) is 2.79. The fraction of sp³-hybridized carbons (Fsp3) is 0.261. The second-order valence-electron chi connectivity index (χ2n) is 7.09. The van der Waals surface area contributed by atoms with Crippen LogP contribution in [0, 0.1) is 0 Å². The van der Waals surface area contributed by atoms with Gasteiger partial charge in [-0.05, 0) is 36.6 Å². The maximum atomic E-state index is 12.9. The number of aromatic nitrogens is 2. The minimum Gasteiger partial charge on any atom is -0.373 e. The average molecular weight is 389 g/mol. The highest BCUT2D eigenvalue weighted by molar-refractivity contribution is 5.92. The first-order valence-electron chi connectivity index (χ1n) is 9.81. The van der Waals surface area contributed by atoms with Gasteiger partial charge in [0.1, 0.15) is 5.69 Å². The van der Waals surface area contributed by atoms with Gasteiger partial charge in [-0.1, -0.05) is 48.5 Å². The molecule has 1 aliphatic rings. The minimum atomic E-state index is -0.263. The Hall–Kier alpha value is -3.25. The molecule has 0 aliphatic carbocycles. The van der Waals surface area contributed by atoms with Gasteiger partial charge in [-0.15, -0.1) is 0 Å². The summed E-state index contributed by atoms with van der Waals surface area (Å²) in [5.74, 6) is -0.156. The molecule has 1 aliphatic heterocycles. The van der Waals surface area contributed by atoms with Gasteiger partial charge in [-0.3, -0.25) is 9.59 Å². The Morgan fingerprint density at radius 1 is 0.931 bits per heavy atom. The van der Waals surface area contributed by atoms with Crippen LogP contribution >= 0.6 is 0 Å². The van der Waals surface area contributed by atoms with Gasteiger partial charge in [0.25, 0.3) is 11.5 Å². The standard InChI is InChI=1S/C23H23N3O3/c27-22-12-11-21(24-26(22)19-9-5-2-6-10-19)23(28)25-15-13-20(14-16-25)29-17-18-7-3-1-4-8-18/h1-12,20H,13-17H2. The van der Waals surface area contributed by atoms with Gasteiger partial charge < -0.3 is 9.64 Å². The van der Waals surface area contributed by atoms with Crippen molar-refractivity contribution in [2.45, 2.75) is 25.6 Å². The fourth-order valence-corrected chi connectivity index (χ4v) is 3.46. The van der Waals surface area contributed by atoms with Crippen LogP contribution in [0.2, 0.25) is 0 Å². The van der Waals surface area contributed by atoms with E-state index in [4.69, 9.17) is 4.74 Å². The van der Waals surface area contributed by atoms with Crippen LogP contribution in [0.5, 0.6) is 0 Å². The first-order chi connectivity index (χ1) is 14.2. The number of carbonyl (C=O) groups is 1. The van der Waals surface area contributed by atoms with Crippen LogP contribution in [0.25, 0.3) is 5.69 Å². The molecule has 0 spiro atoms. The molecule has 0 saturated carbocycles. The van der Waals surface area contributed by atoms with E-state index >= 15 is 0 Å². The third kappa shape index (κ3) is 4.60. The molecule has 0 bridgehead atoms. The van der Waals surface area contributed by atoms with E-state index in [2.05, 4.69) is 5.10 Å². The first-order valence-corrected chi connectivity index (χ1v) is 9.81. The number of ether oxygens (including phenoxy) is 1. The topological polar surface area (TPSA) is 64.4 Å². The third-order valence-electron chi connectivity index (χ3n) is 5.08. The second kappa shape index (κ2) is 8.84. The fourth-order valence-electron chi connectivity index (χ4n) is 3.46. The molecule has 1 aromatic heterocycles. The Morgan fingerprint density at radius 3 is 2.28 bits per heavy atom. The summed E-state index contributed by atoms with van der Waals surface area (Å²) in [6.07, 6.45) is 1.72. The maximum absolute atomic E-state index is 12.9. The Morgan fingerprint density at radius 2 is 1.59 bits per heavy atom. The zero-order chi connectivity index (χ0) is 20.1. The third-order valence-corrected chi connectivity index (χ3v) is 5.08. The molecule has 1 fully saturated rings. The Kier molecular flexibility index (Phi) is 5.81. The van der Waals surface area contributed by atoms with Crippen LogP contribution in [-0.4, -0.2) is 39.8 Å². The van der Waals surface area contributed by atoms with Crippen LogP contribution < -0.4 is 5.56 Å². The van der Waals surface area contributed by atoms with Crippen molar-refractivity contribution in [2.75, 3.05) is 13.1 Å². The molecule has 6 heteroatoms. The molecule has 6 nitrogen and oxygen atoms in total. The van der Waals surface area contributed by atoms with Gasteiger partial charge >= 0.3 is 0 Å². The number of nitrogens with zero attached hydrogens (tertiary/aromatic N) is 3. The lowest BCUT2D eigenvalue weighted by molar-refractivity contribution is -0.000549. The van der Waals surface area contributed by atoms with Gasteiger partial charge in [0.15, 0.2) is 0 Å². The predicted octanol–water partition coefficient (Wildman–Crippen LogP) is 3.05. The molecule has 0 unspecified atom stereocenters. The van der Waals surface area contributed by atoms with E-state index in [1.807, 2.05) is 48.5 Å². The van der Waals surface area contributed by atoms with Crippen molar-refractivity contribution < 1.29 is 9.53 Å². The lowest BCUT2D eigenvalue weighted by Crippen LogP contribution is -2.41. The number of hydrogen-bond acceptors (Lipinski definition) is 4. The quantitative estimate of drug-likeness (QED) is 0.673. The van der Waals surface area contributed by atoms with Crippen LogP contribution in [0.4, 0.5) is 0 Å². The number of piperidine rings is 1. The zero-order valence-corrected chi connectivity index (χ0v) is 16.1. The van der Waals surface area contributed by atoms with E-state index in [0.29, 0.717) is 25.4 Å². The molecule has 0 atom stereocenters. The van der Waals surface area contributed by atoms with Gasteiger partial charge in [0.05, 0.1) is 18.4 Å². The van der Waals surface area contributed by atoms with Crippen molar-refractivity contribution >= 4 is 5.91 Å². The molecule has 2 aromatic carbocycles. The summed E-state index contributed by atoms with van der Waals surface area (Å²) < 4.78 is 7.26. The molecule has 0 N–H and O–H groups in total. The number of carbonyl (C=O) groups excluding carboxylic acids is 1. The number of benzene rings is 2. The second-order valence-corrected chi connectivity index (χ2v) is 7.09. The highest BCUT2D eigenvalue weighted by Gasteiger charge is 2.25. The lowest BCUT2D eigenvalue weighted by Gasteiger charge is -2.31. The van der Waals surface area contributed by atoms with Gasteiger partial charge in [-0.25, -0.2) is 0 Å². The smallest absolute Gasteiger partial charge is 0.274 e. The van der Waals surface area contributed by atoms with E-state index in [1.54, 1.807) is 17.0 Å². The Labute approximate surface area is 169 Å². The van der Waals surface area contributed by atoms with Gasteiger partial charge in [-0.2, -0.15) is 9.78 Å². The van der Waals surface area contributed by atoms with Crippen LogP contribution in [0.1, 0.15) is 28.9 Å². The molecule has 1 saturated heterocycles. The zero-order valence-electron chi connectivity index (χ0n) is 16.1. The molecule has 1 amide bonds. The number of rotatable bonds is 5. The molecule has 3 aromatic rings. The molecule has 4 rings (SSSR count). The first kappa shape index (κ1) is 19.1. The van der Waals surface area contributed by atoms with Crippen molar-refractivity contribution in [3.05, 3.63) is 94.4 Å². The monoisotopic (exact) mass is 389 g/mol. The Bertz CT molecular complexity index is 1010. The highest BCUT2D eigenvalue weighted by atomic mass is 16.5. The summed E-state index contributed by atoms with van der Waals surface area (Å²) in [5.41, 5.74) is 1.80. The molecular formula is C23H23N3O3. The van der Waals surface area contributed by atoms with E-state index in [0.717, 1.165) is 18.4 Å². The summed E-state index contributed by atoms with van der Waals surface area (Å²) in [5, 5.41) is 4.29. The van der Waals surface area contributed by atoms with Crippen molar-refractivity contribution in [2.24, 2.45) is 0 Å². The van der Waals surface area contributed by atoms with Crippen molar-refractivity contribution in [3.63, 3.8) is 0 Å². The van der Waals surface area contributed by atoms with Crippen LogP contribution in [-0.2, 0) is 11.3 Å². The van der Waals surface area contributed by atoms with Crippen molar-refractivity contribution in [1.82, 2.24) is 14.7 Å². The summed E-state index contributed by atoms with van der Waals surface area (Å²) in [6.45, 7) is 1.82. The SMILES string of the molecule is O=C(c1ccc(=O)n(-c2ccccc2)n1)N1CCC(OCc2ccccc2)CC1. The van der Waals surface area contributed by atoms with Crippen LogP contribution in [0.15, 0.2) is 77.6 Å². The minimum absolute atomic E-state index is 0.144. The predicted molar refractivity (Wildman–Crippen MR) is 110 cm³/mol. The van der Waals surface area contributed by atoms with Gasteiger partial charge in [0.2, 0.25) is 0 Å². The number of likely N-dealkylation sites (tertiary alicyclic amines) is 1. The number of hydrogen-bond donors (Lipinski definition) is 0. The summed E-state index contributed by atoms with van der Waals surface area (Å²) in [7, 11) is 0. The molecule has 148 valence electrons. The van der Waals surface area contributed by atoms with Crippen LogP contribution in [0.3, 0.4) is 0 Å².